The Labute approximate surface area is 158 Å². The Morgan fingerprint density at radius 2 is 1.77 bits per heavy atom. The van der Waals surface area contributed by atoms with Gasteiger partial charge in [0.2, 0.25) is 0 Å². The molecule has 2 aromatic carbocycles. The monoisotopic (exact) mass is 365 g/mol. The van der Waals surface area contributed by atoms with Gasteiger partial charge in [0.05, 0.1) is 0 Å². The summed E-state index contributed by atoms with van der Waals surface area (Å²) in [6, 6.07) is 20.5. The maximum Gasteiger partial charge on any atom is 0.119 e. The first kappa shape index (κ1) is 17.3. The highest BCUT2D eigenvalue weighted by atomic mass is 32.1. The van der Waals surface area contributed by atoms with Crippen molar-refractivity contribution < 1.29 is 9.84 Å². The number of hydrogen-bond acceptors (Lipinski definition) is 4. The fraction of sp³-hybridized carbons (Fsp3) is 0.273. The van der Waals surface area contributed by atoms with Gasteiger partial charge in [-0.3, -0.25) is 4.90 Å². The van der Waals surface area contributed by atoms with E-state index in [9.17, 15) is 5.11 Å². The zero-order chi connectivity index (χ0) is 17.8. The number of fused-ring (bicyclic) bond motifs is 1. The van der Waals surface area contributed by atoms with E-state index in [4.69, 9.17) is 4.74 Å². The summed E-state index contributed by atoms with van der Waals surface area (Å²) in [6.07, 6.45) is 0.602. The van der Waals surface area contributed by atoms with Crippen molar-refractivity contribution in [1.29, 1.82) is 0 Å². The van der Waals surface area contributed by atoms with Gasteiger partial charge in [0.1, 0.15) is 18.5 Å². The van der Waals surface area contributed by atoms with Crippen molar-refractivity contribution in [3.8, 4) is 16.9 Å². The van der Waals surface area contributed by atoms with E-state index in [1.165, 1.54) is 21.6 Å². The van der Waals surface area contributed by atoms with Crippen molar-refractivity contribution >= 4 is 11.3 Å². The topological polar surface area (TPSA) is 32.7 Å². The van der Waals surface area contributed by atoms with Crippen LogP contribution in [-0.2, 0) is 13.0 Å². The van der Waals surface area contributed by atoms with Crippen molar-refractivity contribution in [3.63, 3.8) is 0 Å². The molecule has 1 aliphatic rings. The molecule has 3 aromatic rings. The van der Waals surface area contributed by atoms with Crippen LogP contribution in [-0.4, -0.2) is 35.8 Å². The zero-order valence-corrected chi connectivity index (χ0v) is 15.5. The molecule has 1 aromatic heterocycles. The van der Waals surface area contributed by atoms with Crippen LogP contribution in [0.15, 0.2) is 66.0 Å². The lowest BCUT2D eigenvalue weighted by Gasteiger charge is -2.28. The number of thiophene rings is 1. The molecule has 0 radical (unpaired) electrons. The van der Waals surface area contributed by atoms with Crippen LogP contribution < -0.4 is 4.74 Å². The van der Waals surface area contributed by atoms with Crippen molar-refractivity contribution in [2.75, 3.05) is 19.7 Å². The summed E-state index contributed by atoms with van der Waals surface area (Å²) in [5.41, 5.74) is 3.77. The predicted molar refractivity (Wildman–Crippen MR) is 107 cm³/mol. The molecule has 4 heteroatoms. The second-order valence-corrected chi connectivity index (χ2v) is 7.71. The van der Waals surface area contributed by atoms with Crippen molar-refractivity contribution in [3.05, 3.63) is 76.5 Å². The molecule has 134 valence electrons. The molecule has 0 spiro atoms. The molecule has 0 saturated carbocycles. The molecule has 26 heavy (non-hydrogen) atoms. The normalized spacial score (nSPS) is 15.4. The molecular formula is C22H23NO2S. The molecule has 1 unspecified atom stereocenters. The van der Waals surface area contributed by atoms with Gasteiger partial charge < -0.3 is 9.84 Å². The van der Waals surface area contributed by atoms with Crippen LogP contribution in [0.3, 0.4) is 0 Å². The maximum absolute atomic E-state index is 10.3. The van der Waals surface area contributed by atoms with E-state index in [1.54, 1.807) is 0 Å². The second kappa shape index (κ2) is 8.04. The van der Waals surface area contributed by atoms with E-state index < -0.39 is 6.10 Å². The van der Waals surface area contributed by atoms with Gasteiger partial charge in [-0.25, -0.2) is 0 Å². The molecule has 0 amide bonds. The lowest BCUT2D eigenvalue weighted by atomic mass is 10.1. The maximum atomic E-state index is 10.3. The fourth-order valence-corrected chi connectivity index (χ4v) is 4.27. The van der Waals surface area contributed by atoms with E-state index in [1.807, 2.05) is 41.7 Å². The number of benzene rings is 2. The number of rotatable bonds is 6. The Balaban J connectivity index is 1.27. The third-order valence-electron chi connectivity index (χ3n) is 4.76. The second-order valence-electron chi connectivity index (χ2n) is 6.71. The van der Waals surface area contributed by atoms with Gasteiger partial charge in [-0.2, -0.15) is 0 Å². The van der Waals surface area contributed by atoms with E-state index in [0.29, 0.717) is 13.2 Å². The molecule has 0 saturated heterocycles. The van der Waals surface area contributed by atoms with E-state index >= 15 is 0 Å². The summed E-state index contributed by atoms with van der Waals surface area (Å²) >= 11 is 1.84. The first-order valence-electron chi connectivity index (χ1n) is 9.02. The Bertz CT molecular complexity index is 829. The zero-order valence-electron chi connectivity index (χ0n) is 14.7. The van der Waals surface area contributed by atoms with Gasteiger partial charge in [0.15, 0.2) is 0 Å². The Morgan fingerprint density at radius 3 is 2.58 bits per heavy atom. The highest BCUT2D eigenvalue weighted by molar-refractivity contribution is 7.10. The standard InChI is InChI=1S/C22H23NO2S/c24-20(15-23-12-10-22-19(14-23)11-13-26-22)16-25-21-8-6-18(7-9-21)17-4-2-1-3-5-17/h1-9,11,13,20,24H,10,12,14-16H2. The Kier molecular flexibility index (Phi) is 5.34. The van der Waals surface area contributed by atoms with Gasteiger partial charge in [-0.1, -0.05) is 42.5 Å². The minimum absolute atomic E-state index is 0.317. The Hall–Kier alpha value is -2.14. The van der Waals surface area contributed by atoms with Crippen LogP contribution in [0.25, 0.3) is 11.1 Å². The molecule has 0 bridgehead atoms. The molecule has 0 fully saturated rings. The van der Waals surface area contributed by atoms with Crippen LogP contribution in [0.5, 0.6) is 5.75 Å². The first-order valence-corrected chi connectivity index (χ1v) is 9.90. The molecule has 2 heterocycles. The largest absolute Gasteiger partial charge is 0.491 e. The Morgan fingerprint density at radius 1 is 1.00 bits per heavy atom. The van der Waals surface area contributed by atoms with Crippen LogP contribution in [0.4, 0.5) is 0 Å². The van der Waals surface area contributed by atoms with Crippen LogP contribution in [0.1, 0.15) is 10.4 Å². The minimum atomic E-state index is -0.482. The summed E-state index contributed by atoms with van der Waals surface area (Å²) in [6.45, 7) is 2.91. The van der Waals surface area contributed by atoms with E-state index in [0.717, 1.165) is 25.3 Å². The number of nitrogens with zero attached hydrogens (tertiary/aromatic N) is 1. The molecule has 1 N–H and O–H groups in total. The molecule has 1 atom stereocenters. The highest BCUT2D eigenvalue weighted by Crippen LogP contribution is 2.24. The van der Waals surface area contributed by atoms with Crippen molar-refractivity contribution in [2.45, 2.75) is 19.1 Å². The minimum Gasteiger partial charge on any atom is -0.491 e. The fourth-order valence-electron chi connectivity index (χ4n) is 3.38. The lowest BCUT2D eigenvalue weighted by Crippen LogP contribution is -2.38. The summed E-state index contributed by atoms with van der Waals surface area (Å²) < 4.78 is 5.78. The quantitative estimate of drug-likeness (QED) is 0.710. The molecular weight excluding hydrogens is 342 g/mol. The van der Waals surface area contributed by atoms with Gasteiger partial charge in [0, 0.05) is 24.5 Å². The highest BCUT2D eigenvalue weighted by Gasteiger charge is 2.19. The number of aliphatic hydroxyl groups is 1. The predicted octanol–water partition coefficient (Wildman–Crippen LogP) is 4.21. The van der Waals surface area contributed by atoms with E-state index in [2.05, 4.69) is 40.6 Å². The summed E-state index contributed by atoms with van der Waals surface area (Å²) in [7, 11) is 0. The smallest absolute Gasteiger partial charge is 0.119 e. The number of β-amino-alcohol motifs (C(OH)–C–C–N with tert-alkyl or cyclic N) is 1. The number of aliphatic hydroxyl groups excluding tert-OH is 1. The van der Waals surface area contributed by atoms with Gasteiger partial charge in [-0.15, -0.1) is 11.3 Å². The van der Waals surface area contributed by atoms with Gasteiger partial charge in [0.25, 0.3) is 0 Å². The lowest BCUT2D eigenvalue weighted by molar-refractivity contribution is 0.0640. The third-order valence-corrected chi connectivity index (χ3v) is 5.78. The van der Waals surface area contributed by atoms with Gasteiger partial charge in [-0.05, 0) is 46.7 Å². The molecule has 1 aliphatic heterocycles. The third kappa shape index (κ3) is 4.15. The molecule has 3 nitrogen and oxygen atoms in total. The first-order chi connectivity index (χ1) is 12.8. The van der Waals surface area contributed by atoms with E-state index in [-0.39, 0.29) is 0 Å². The van der Waals surface area contributed by atoms with Crippen molar-refractivity contribution in [2.24, 2.45) is 0 Å². The van der Waals surface area contributed by atoms with Gasteiger partial charge >= 0.3 is 0 Å². The summed E-state index contributed by atoms with van der Waals surface area (Å²) in [5, 5.41) is 12.5. The average Bonchev–Trinajstić information content (AvgIpc) is 3.15. The van der Waals surface area contributed by atoms with Crippen LogP contribution in [0, 0.1) is 0 Å². The van der Waals surface area contributed by atoms with Crippen LogP contribution in [0.2, 0.25) is 0 Å². The average molecular weight is 365 g/mol. The summed E-state index contributed by atoms with van der Waals surface area (Å²) in [5.74, 6) is 0.794. The molecule has 4 rings (SSSR count). The number of ether oxygens (including phenoxy) is 1. The number of hydrogen-bond donors (Lipinski definition) is 1. The summed E-state index contributed by atoms with van der Waals surface area (Å²) in [4.78, 5) is 3.80. The molecule has 0 aliphatic carbocycles. The van der Waals surface area contributed by atoms with Crippen LogP contribution >= 0.6 is 11.3 Å². The SMILES string of the molecule is OC(COc1ccc(-c2ccccc2)cc1)CN1CCc2sccc2C1. The van der Waals surface area contributed by atoms with Crippen molar-refractivity contribution in [1.82, 2.24) is 4.90 Å².